The van der Waals surface area contributed by atoms with E-state index in [2.05, 4.69) is 5.32 Å². The molecule has 0 bridgehead atoms. The second-order valence-electron chi connectivity index (χ2n) is 4.97. The predicted molar refractivity (Wildman–Crippen MR) is 73.8 cm³/mol. The Hall–Kier alpha value is -1.84. The monoisotopic (exact) mass is 260 g/mol. The van der Waals surface area contributed by atoms with E-state index in [1.54, 1.807) is 0 Å². The van der Waals surface area contributed by atoms with E-state index < -0.39 is 6.04 Å². The highest BCUT2D eigenvalue weighted by molar-refractivity contribution is 6.04. The van der Waals surface area contributed by atoms with Gasteiger partial charge in [-0.05, 0) is 12.0 Å². The number of amides is 3. The van der Waals surface area contributed by atoms with Gasteiger partial charge in [0.1, 0.15) is 6.04 Å². The van der Waals surface area contributed by atoms with Crippen LogP contribution in [0.25, 0.3) is 0 Å². The smallest absolute Gasteiger partial charge is 0.324 e. The molecule has 1 heterocycles. The van der Waals surface area contributed by atoms with Crippen molar-refractivity contribution in [3.05, 3.63) is 35.9 Å². The molecule has 0 saturated carbocycles. The number of imide groups is 1. The predicted octanol–water partition coefficient (Wildman–Crippen LogP) is 2.51. The lowest BCUT2D eigenvalue weighted by atomic mass is 9.93. The summed E-state index contributed by atoms with van der Waals surface area (Å²) in [6.45, 7) is 4.53. The zero-order valence-corrected chi connectivity index (χ0v) is 11.4. The molecule has 3 amide bonds. The number of carbonyl (C=O) groups is 2. The van der Waals surface area contributed by atoms with Gasteiger partial charge in [-0.25, -0.2) is 4.79 Å². The zero-order valence-electron chi connectivity index (χ0n) is 11.4. The van der Waals surface area contributed by atoms with Crippen LogP contribution in [0, 0.1) is 0 Å². The summed E-state index contributed by atoms with van der Waals surface area (Å²) < 4.78 is 0. The lowest BCUT2D eigenvalue weighted by Crippen LogP contribution is -2.35. The number of hydrogen-bond donors (Lipinski definition) is 1. The lowest BCUT2D eigenvalue weighted by Gasteiger charge is -2.18. The Balaban J connectivity index is 2.10. The standard InChI is InChI=1S/C15H20N2O2/c1-3-4-10-17-14(18)13(16-15(17)19)11(2)12-8-6-5-7-9-12/h5-9,11,13H,3-4,10H2,1-2H3,(H,16,19). The number of benzene rings is 1. The summed E-state index contributed by atoms with van der Waals surface area (Å²) in [6, 6.07) is 9.11. The second kappa shape index (κ2) is 5.87. The first-order chi connectivity index (χ1) is 9.15. The third-order valence-electron chi connectivity index (χ3n) is 3.62. The van der Waals surface area contributed by atoms with Crippen molar-refractivity contribution in [1.29, 1.82) is 0 Å². The molecule has 4 heteroatoms. The molecule has 19 heavy (non-hydrogen) atoms. The second-order valence-corrected chi connectivity index (χ2v) is 4.97. The molecule has 1 aliphatic heterocycles. The third kappa shape index (κ3) is 2.78. The number of urea groups is 1. The summed E-state index contributed by atoms with van der Waals surface area (Å²) in [6.07, 6.45) is 1.82. The van der Waals surface area contributed by atoms with E-state index in [-0.39, 0.29) is 17.9 Å². The van der Waals surface area contributed by atoms with E-state index in [0.717, 1.165) is 18.4 Å². The average Bonchev–Trinajstić information content (AvgIpc) is 2.72. The number of nitrogens with one attached hydrogen (secondary N) is 1. The van der Waals surface area contributed by atoms with Gasteiger partial charge in [-0.2, -0.15) is 0 Å². The van der Waals surface area contributed by atoms with Gasteiger partial charge in [-0.15, -0.1) is 0 Å². The Morgan fingerprint density at radius 2 is 1.95 bits per heavy atom. The van der Waals surface area contributed by atoms with Crippen molar-refractivity contribution in [1.82, 2.24) is 10.2 Å². The maximum absolute atomic E-state index is 12.3. The first-order valence-corrected chi connectivity index (χ1v) is 6.82. The molecule has 0 radical (unpaired) electrons. The van der Waals surface area contributed by atoms with Gasteiger partial charge in [-0.3, -0.25) is 9.69 Å². The van der Waals surface area contributed by atoms with Crippen molar-refractivity contribution in [2.75, 3.05) is 6.54 Å². The van der Waals surface area contributed by atoms with E-state index in [4.69, 9.17) is 0 Å². The highest BCUT2D eigenvalue weighted by Gasteiger charge is 2.40. The van der Waals surface area contributed by atoms with Gasteiger partial charge in [0, 0.05) is 12.5 Å². The van der Waals surface area contributed by atoms with Crippen LogP contribution in [-0.4, -0.2) is 29.4 Å². The Kier molecular flexibility index (Phi) is 4.20. The summed E-state index contributed by atoms with van der Waals surface area (Å²) in [7, 11) is 0. The molecule has 1 N–H and O–H groups in total. The van der Waals surface area contributed by atoms with Gasteiger partial charge < -0.3 is 5.32 Å². The van der Waals surface area contributed by atoms with Crippen LogP contribution in [0.5, 0.6) is 0 Å². The minimum atomic E-state index is -0.438. The summed E-state index contributed by atoms with van der Waals surface area (Å²) in [5.74, 6) is -0.112. The molecule has 1 aromatic rings. The van der Waals surface area contributed by atoms with E-state index in [1.165, 1.54) is 4.90 Å². The Labute approximate surface area is 113 Å². The highest BCUT2D eigenvalue weighted by atomic mass is 16.2. The number of rotatable bonds is 5. The topological polar surface area (TPSA) is 49.4 Å². The molecule has 2 rings (SSSR count). The van der Waals surface area contributed by atoms with E-state index in [1.807, 2.05) is 44.2 Å². The van der Waals surface area contributed by atoms with Crippen LogP contribution >= 0.6 is 0 Å². The number of unbranched alkanes of at least 4 members (excludes halogenated alkanes) is 1. The molecule has 102 valence electrons. The molecule has 0 aliphatic carbocycles. The fraction of sp³-hybridized carbons (Fsp3) is 0.467. The molecule has 0 aromatic heterocycles. The molecule has 1 aromatic carbocycles. The molecule has 1 aliphatic rings. The zero-order chi connectivity index (χ0) is 13.8. The first kappa shape index (κ1) is 13.6. The van der Waals surface area contributed by atoms with Crippen LogP contribution in [0.1, 0.15) is 38.2 Å². The van der Waals surface area contributed by atoms with Gasteiger partial charge >= 0.3 is 6.03 Å². The molecule has 2 atom stereocenters. The molecule has 0 spiro atoms. The van der Waals surface area contributed by atoms with Crippen LogP contribution in [0.2, 0.25) is 0 Å². The van der Waals surface area contributed by atoms with Crippen LogP contribution < -0.4 is 5.32 Å². The van der Waals surface area contributed by atoms with Gasteiger partial charge in [-0.1, -0.05) is 50.6 Å². The maximum atomic E-state index is 12.3. The fourth-order valence-electron chi connectivity index (χ4n) is 2.36. The number of nitrogens with zero attached hydrogens (tertiary/aromatic N) is 1. The quantitative estimate of drug-likeness (QED) is 0.827. The van der Waals surface area contributed by atoms with Crippen molar-refractivity contribution >= 4 is 11.9 Å². The third-order valence-corrected chi connectivity index (χ3v) is 3.62. The fourth-order valence-corrected chi connectivity index (χ4v) is 2.36. The number of hydrogen-bond acceptors (Lipinski definition) is 2. The van der Waals surface area contributed by atoms with Crippen molar-refractivity contribution in [2.45, 2.75) is 38.6 Å². The average molecular weight is 260 g/mol. The molecule has 1 saturated heterocycles. The SMILES string of the molecule is CCCCN1C(=O)NC(C(C)c2ccccc2)C1=O. The van der Waals surface area contributed by atoms with Crippen molar-refractivity contribution in [2.24, 2.45) is 0 Å². The van der Waals surface area contributed by atoms with Gasteiger partial charge in [0.25, 0.3) is 5.91 Å². The summed E-state index contributed by atoms with van der Waals surface area (Å²) >= 11 is 0. The Bertz CT molecular complexity index is 458. The van der Waals surface area contributed by atoms with Crippen molar-refractivity contribution < 1.29 is 9.59 Å². The molecule has 2 unspecified atom stereocenters. The molecule has 1 fully saturated rings. The Morgan fingerprint density at radius 3 is 2.58 bits per heavy atom. The molecular formula is C15H20N2O2. The van der Waals surface area contributed by atoms with E-state index in [0.29, 0.717) is 6.54 Å². The minimum Gasteiger partial charge on any atom is -0.325 e. The van der Waals surface area contributed by atoms with Crippen LogP contribution in [0.4, 0.5) is 4.79 Å². The first-order valence-electron chi connectivity index (χ1n) is 6.82. The lowest BCUT2D eigenvalue weighted by molar-refractivity contribution is -0.127. The summed E-state index contributed by atoms with van der Waals surface area (Å²) in [5.41, 5.74) is 1.07. The maximum Gasteiger partial charge on any atom is 0.324 e. The van der Waals surface area contributed by atoms with Gasteiger partial charge in [0.05, 0.1) is 0 Å². The van der Waals surface area contributed by atoms with Crippen LogP contribution in [-0.2, 0) is 4.79 Å². The van der Waals surface area contributed by atoms with Gasteiger partial charge in [0.2, 0.25) is 0 Å². The highest BCUT2D eigenvalue weighted by Crippen LogP contribution is 2.23. The van der Waals surface area contributed by atoms with Crippen LogP contribution in [0.15, 0.2) is 30.3 Å². The summed E-state index contributed by atoms with van der Waals surface area (Å²) in [4.78, 5) is 25.5. The van der Waals surface area contributed by atoms with Crippen molar-refractivity contribution in [3.63, 3.8) is 0 Å². The molecular weight excluding hydrogens is 240 g/mol. The number of carbonyl (C=O) groups excluding carboxylic acids is 2. The Morgan fingerprint density at radius 1 is 1.26 bits per heavy atom. The summed E-state index contributed by atoms with van der Waals surface area (Å²) in [5, 5.41) is 2.80. The molecule has 4 nitrogen and oxygen atoms in total. The van der Waals surface area contributed by atoms with Gasteiger partial charge in [0.15, 0.2) is 0 Å². The van der Waals surface area contributed by atoms with Crippen LogP contribution in [0.3, 0.4) is 0 Å². The van der Waals surface area contributed by atoms with E-state index in [9.17, 15) is 9.59 Å². The minimum absolute atomic E-state index is 0.00993. The van der Waals surface area contributed by atoms with Crippen molar-refractivity contribution in [3.8, 4) is 0 Å². The normalized spacial score (nSPS) is 20.5. The largest absolute Gasteiger partial charge is 0.325 e. The van der Waals surface area contributed by atoms with E-state index >= 15 is 0 Å².